The molecule has 0 aliphatic rings. The summed E-state index contributed by atoms with van der Waals surface area (Å²) < 4.78 is 1.95. The van der Waals surface area contributed by atoms with Gasteiger partial charge < -0.3 is 0 Å². The van der Waals surface area contributed by atoms with Gasteiger partial charge in [-0.25, -0.2) is 4.79 Å². The average molecular weight is 306 g/mol. The summed E-state index contributed by atoms with van der Waals surface area (Å²) >= 11 is 3.23. The first-order valence-electron chi connectivity index (χ1n) is 5.00. The van der Waals surface area contributed by atoms with Gasteiger partial charge in [-0.3, -0.25) is 24.0 Å². The van der Waals surface area contributed by atoms with E-state index in [2.05, 4.69) is 15.9 Å². The van der Waals surface area contributed by atoms with Crippen LogP contribution >= 0.6 is 15.9 Å². The van der Waals surface area contributed by atoms with Crippen molar-refractivity contribution >= 4 is 21.6 Å². The molecule has 7 nitrogen and oxygen atoms in total. The van der Waals surface area contributed by atoms with Crippen LogP contribution in [0.5, 0.6) is 0 Å². The van der Waals surface area contributed by atoms with Crippen LogP contribution in [-0.2, 0) is 13.6 Å². The number of halogens is 1. The number of nitro groups is 1. The van der Waals surface area contributed by atoms with Gasteiger partial charge in [-0.05, 0) is 12.8 Å². The molecule has 0 saturated carbocycles. The van der Waals surface area contributed by atoms with Crippen LogP contribution in [0.4, 0.5) is 5.69 Å². The average Bonchev–Trinajstić information content (AvgIpc) is 2.28. The number of rotatable bonds is 5. The Kier molecular flexibility index (Phi) is 4.62. The monoisotopic (exact) mass is 305 g/mol. The predicted molar refractivity (Wildman–Crippen MR) is 65.6 cm³/mol. The molecule has 0 spiro atoms. The fraction of sp³-hybridized carbons (Fsp3) is 0.556. The van der Waals surface area contributed by atoms with Crippen molar-refractivity contribution in [3.63, 3.8) is 0 Å². The molecule has 1 rings (SSSR count). The number of hydrogen-bond acceptors (Lipinski definition) is 4. The van der Waals surface area contributed by atoms with Gasteiger partial charge >= 0.3 is 16.9 Å². The fourth-order valence-electron chi connectivity index (χ4n) is 1.40. The van der Waals surface area contributed by atoms with Gasteiger partial charge in [-0.2, -0.15) is 0 Å². The summed E-state index contributed by atoms with van der Waals surface area (Å²) in [6, 6.07) is 0. The number of aryl methyl sites for hydroxylation is 1. The van der Waals surface area contributed by atoms with Crippen molar-refractivity contribution in [1.29, 1.82) is 0 Å². The molecule has 1 aromatic heterocycles. The number of hydrogen-bond donors (Lipinski definition) is 0. The molecule has 0 radical (unpaired) electrons. The third-order valence-electron chi connectivity index (χ3n) is 2.27. The highest BCUT2D eigenvalue weighted by Crippen LogP contribution is 2.00. The molecular weight excluding hydrogens is 294 g/mol. The van der Waals surface area contributed by atoms with Gasteiger partial charge in [0.1, 0.15) is 0 Å². The molecule has 0 fully saturated rings. The van der Waals surface area contributed by atoms with E-state index in [9.17, 15) is 19.7 Å². The lowest BCUT2D eigenvalue weighted by Crippen LogP contribution is -2.39. The molecule has 0 unspecified atom stereocenters. The third-order valence-corrected chi connectivity index (χ3v) is 2.84. The molecular formula is C9H12BrN3O4. The third kappa shape index (κ3) is 3.02. The van der Waals surface area contributed by atoms with E-state index < -0.39 is 21.9 Å². The van der Waals surface area contributed by atoms with Crippen molar-refractivity contribution < 1.29 is 4.92 Å². The first kappa shape index (κ1) is 13.6. The minimum Gasteiger partial charge on any atom is -0.297 e. The van der Waals surface area contributed by atoms with Gasteiger partial charge in [0.25, 0.3) is 0 Å². The molecule has 1 heterocycles. The van der Waals surface area contributed by atoms with Crippen LogP contribution in [0, 0.1) is 10.1 Å². The molecule has 0 saturated heterocycles. The summed E-state index contributed by atoms with van der Waals surface area (Å²) in [5, 5.41) is 11.4. The Hall–Kier alpha value is -1.44. The van der Waals surface area contributed by atoms with Gasteiger partial charge in [-0.1, -0.05) is 15.9 Å². The maximum Gasteiger partial charge on any atom is 0.350 e. The SMILES string of the molecule is Cn1cc([N+](=O)[O-])c(=O)n(CCCCBr)c1=O. The van der Waals surface area contributed by atoms with E-state index in [0.717, 1.165) is 27.1 Å². The number of nitrogens with zero attached hydrogens (tertiary/aromatic N) is 3. The molecule has 17 heavy (non-hydrogen) atoms. The van der Waals surface area contributed by atoms with Crippen molar-refractivity contribution in [3.8, 4) is 0 Å². The predicted octanol–water partition coefficient (Wildman–Crippen LogP) is 0.630. The smallest absolute Gasteiger partial charge is 0.297 e. The molecule has 8 heteroatoms. The van der Waals surface area contributed by atoms with E-state index >= 15 is 0 Å². The highest BCUT2D eigenvalue weighted by Gasteiger charge is 2.18. The second kappa shape index (κ2) is 5.76. The molecule has 1 aromatic rings. The molecule has 0 N–H and O–H groups in total. The maximum absolute atomic E-state index is 11.7. The van der Waals surface area contributed by atoms with Crippen LogP contribution in [0.25, 0.3) is 0 Å². The van der Waals surface area contributed by atoms with Crippen molar-refractivity contribution in [2.45, 2.75) is 19.4 Å². The molecule has 0 bridgehead atoms. The topological polar surface area (TPSA) is 87.1 Å². The van der Waals surface area contributed by atoms with Crippen molar-refractivity contribution in [1.82, 2.24) is 9.13 Å². The van der Waals surface area contributed by atoms with E-state index in [0.29, 0.717) is 6.42 Å². The van der Waals surface area contributed by atoms with Crippen LogP contribution in [0.2, 0.25) is 0 Å². The first-order chi connectivity index (χ1) is 7.99. The Morgan fingerprint density at radius 1 is 1.41 bits per heavy atom. The molecule has 94 valence electrons. The van der Waals surface area contributed by atoms with Crippen molar-refractivity contribution in [3.05, 3.63) is 37.1 Å². The second-order valence-corrected chi connectivity index (χ2v) is 4.31. The highest BCUT2D eigenvalue weighted by molar-refractivity contribution is 9.09. The van der Waals surface area contributed by atoms with E-state index in [1.165, 1.54) is 7.05 Å². The van der Waals surface area contributed by atoms with Gasteiger partial charge in [0.2, 0.25) is 0 Å². The maximum atomic E-state index is 11.7. The number of aromatic nitrogens is 2. The minimum atomic E-state index is -0.840. The summed E-state index contributed by atoms with van der Waals surface area (Å²) in [7, 11) is 1.38. The van der Waals surface area contributed by atoms with Gasteiger partial charge in [0.15, 0.2) is 0 Å². The lowest BCUT2D eigenvalue weighted by Gasteiger charge is -2.05. The van der Waals surface area contributed by atoms with Crippen LogP contribution in [0.15, 0.2) is 15.8 Å². The Morgan fingerprint density at radius 2 is 2.06 bits per heavy atom. The Balaban J connectivity index is 3.23. The lowest BCUT2D eigenvalue weighted by molar-refractivity contribution is -0.387. The zero-order valence-corrected chi connectivity index (χ0v) is 10.8. The second-order valence-electron chi connectivity index (χ2n) is 3.52. The highest BCUT2D eigenvalue weighted by atomic mass is 79.9. The van der Waals surface area contributed by atoms with Crippen LogP contribution < -0.4 is 11.2 Å². The van der Waals surface area contributed by atoms with Gasteiger partial charge in [-0.15, -0.1) is 0 Å². The van der Waals surface area contributed by atoms with E-state index in [1.807, 2.05) is 0 Å². The largest absolute Gasteiger partial charge is 0.350 e. The molecule has 0 aliphatic heterocycles. The standard InChI is InChI=1S/C9H12BrN3O4/c1-11-6-7(13(16)17)8(14)12(9(11)15)5-3-2-4-10/h6H,2-5H2,1H3. The zero-order valence-electron chi connectivity index (χ0n) is 9.26. The summed E-state index contributed by atoms with van der Waals surface area (Å²) in [6.07, 6.45) is 2.35. The molecule has 0 aliphatic carbocycles. The number of unbranched alkanes of at least 4 members (excludes halogenated alkanes) is 1. The van der Waals surface area contributed by atoms with Crippen molar-refractivity contribution in [2.75, 3.05) is 5.33 Å². The normalized spacial score (nSPS) is 10.5. The van der Waals surface area contributed by atoms with Gasteiger partial charge in [0.05, 0.1) is 11.1 Å². The zero-order chi connectivity index (χ0) is 13.0. The molecule has 0 atom stereocenters. The quantitative estimate of drug-likeness (QED) is 0.345. The lowest BCUT2D eigenvalue weighted by atomic mass is 10.3. The summed E-state index contributed by atoms with van der Waals surface area (Å²) in [4.78, 5) is 33.2. The Bertz CT molecular complexity index is 534. The van der Waals surface area contributed by atoms with Crippen molar-refractivity contribution in [2.24, 2.45) is 7.05 Å². The Morgan fingerprint density at radius 3 is 2.59 bits per heavy atom. The van der Waals surface area contributed by atoms with Gasteiger partial charge in [0, 0.05) is 18.9 Å². The summed E-state index contributed by atoms with van der Waals surface area (Å²) in [6.45, 7) is 0.193. The first-order valence-corrected chi connectivity index (χ1v) is 6.12. The summed E-state index contributed by atoms with van der Waals surface area (Å²) in [5.74, 6) is 0. The van der Waals surface area contributed by atoms with E-state index in [4.69, 9.17) is 0 Å². The Labute approximate surface area is 105 Å². The van der Waals surface area contributed by atoms with Crippen LogP contribution in [0.1, 0.15) is 12.8 Å². The van der Waals surface area contributed by atoms with E-state index in [-0.39, 0.29) is 6.54 Å². The summed E-state index contributed by atoms with van der Waals surface area (Å²) in [5.41, 5.74) is -1.95. The van der Waals surface area contributed by atoms with Crippen LogP contribution in [-0.4, -0.2) is 19.4 Å². The van der Waals surface area contributed by atoms with Crippen LogP contribution in [0.3, 0.4) is 0 Å². The molecule has 0 amide bonds. The molecule has 0 aromatic carbocycles. The van der Waals surface area contributed by atoms with E-state index in [1.54, 1.807) is 0 Å². The fourth-order valence-corrected chi connectivity index (χ4v) is 1.79. The number of alkyl halides is 1. The minimum absolute atomic E-state index is 0.193.